The summed E-state index contributed by atoms with van der Waals surface area (Å²) in [6, 6.07) is 12.4. The molecule has 1 unspecified atom stereocenters. The molecule has 0 bridgehead atoms. The molecular weight excluding hydrogens is 343 g/mol. The number of fused-ring (bicyclic) bond motifs is 1. The van der Waals surface area contributed by atoms with Crippen LogP contribution in [0.25, 0.3) is 0 Å². The number of benzene rings is 2. The average Bonchev–Trinajstić information content (AvgIpc) is 2.85. The van der Waals surface area contributed by atoms with Crippen LogP contribution >= 0.6 is 39.1 Å². The number of aryl methyl sites for hydroxylation is 2. The van der Waals surface area contributed by atoms with Crippen LogP contribution in [-0.2, 0) is 12.8 Å². The van der Waals surface area contributed by atoms with Gasteiger partial charge in [-0.15, -0.1) is 11.6 Å². The maximum Gasteiger partial charge on any atom is 0.0846 e. The second-order valence-corrected chi connectivity index (χ2v) is 6.64. The number of hydrogen-bond acceptors (Lipinski definition) is 0. The summed E-state index contributed by atoms with van der Waals surface area (Å²) >= 11 is 16.1. The summed E-state index contributed by atoms with van der Waals surface area (Å²) in [5.41, 5.74) is 5.14. The van der Waals surface area contributed by atoms with Gasteiger partial charge in [-0.3, -0.25) is 0 Å². The van der Waals surface area contributed by atoms with Crippen LogP contribution in [0.3, 0.4) is 0 Å². The van der Waals surface area contributed by atoms with Crippen LogP contribution in [0.2, 0.25) is 5.02 Å². The average molecular weight is 356 g/mol. The molecule has 98 valence electrons. The third-order valence-electron chi connectivity index (χ3n) is 3.65. The molecule has 0 aromatic heterocycles. The highest BCUT2D eigenvalue weighted by atomic mass is 79.9. The predicted octanol–water partition coefficient (Wildman–Crippen LogP) is 5.92. The molecule has 2 aromatic carbocycles. The molecule has 1 aliphatic carbocycles. The summed E-state index contributed by atoms with van der Waals surface area (Å²) in [6.45, 7) is 0. The van der Waals surface area contributed by atoms with Crippen LogP contribution < -0.4 is 0 Å². The van der Waals surface area contributed by atoms with Crippen molar-refractivity contribution in [1.82, 2.24) is 0 Å². The molecule has 2 aromatic rings. The lowest BCUT2D eigenvalue weighted by atomic mass is 10.00. The highest BCUT2D eigenvalue weighted by Gasteiger charge is 2.17. The highest BCUT2D eigenvalue weighted by molar-refractivity contribution is 9.10. The fourth-order valence-electron chi connectivity index (χ4n) is 2.64. The van der Waals surface area contributed by atoms with Gasteiger partial charge in [0.05, 0.1) is 5.38 Å². The molecule has 0 N–H and O–H groups in total. The molecule has 0 radical (unpaired) electrons. The Kier molecular flexibility index (Phi) is 3.88. The first-order valence-corrected chi connectivity index (χ1v) is 7.96. The number of rotatable bonds is 2. The number of hydrogen-bond donors (Lipinski definition) is 0. The zero-order chi connectivity index (χ0) is 13.4. The van der Waals surface area contributed by atoms with E-state index in [1.165, 1.54) is 30.4 Å². The van der Waals surface area contributed by atoms with Gasteiger partial charge in [0.1, 0.15) is 0 Å². The molecule has 0 saturated carbocycles. The molecule has 0 amide bonds. The topological polar surface area (TPSA) is 0 Å². The molecule has 0 nitrogen and oxygen atoms in total. The Morgan fingerprint density at radius 1 is 1.00 bits per heavy atom. The summed E-state index contributed by atoms with van der Waals surface area (Å²) in [7, 11) is 0. The van der Waals surface area contributed by atoms with Crippen LogP contribution in [0.1, 0.15) is 34.1 Å². The zero-order valence-electron chi connectivity index (χ0n) is 10.3. The Morgan fingerprint density at radius 3 is 2.58 bits per heavy atom. The monoisotopic (exact) mass is 354 g/mol. The highest BCUT2D eigenvalue weighted by Crippen LogP contribution is 2.36. The van der Waals surface area contributed by atoms with Crippen molar-refractivity contribution >= 4 is 39.1 Å². The molecule has 0 heterocycles. The predicted molar refractivity (Wildman–Crippen MR) is 85.3 cm³/mol. The number of alkyl halides is 1. The van der Waals surface area contributed by atoms with E-state index in [2.05, 4.69) is 34.1 Å². The van der Waals surface area contributed by atoms with Crippen molar-refractivity contribution in [3.8, 4) is 0 Å². The van der Waals surface area contributed by atoms with Gasteiger partial charge in [0.15, 0.2) is 0 Å². The largest absolute Gasteiger partial charge is 0.113 e. The maximum atomic E-state index is 6.62. The zero-order valence-corrected chi connectivity index (χ0v) is 13.4. The van der Waals surface area contributed by atoms with E-state index >= 15 is 0 Å². The second kappa shape index (κ2) is 5.47. The Morgan fingerprint density at radius 2 is 1.79 bits per heavy atom. The van der Waals surface area contributed by atoms with Crippen molar-refractivity contribution in [2.45, 2.75) is 24.6 Å². The van der Waals surface area contributed by atoms with E-state index in [0.717, 1.165) is 15.6 Å². The molecule has 1 atom stereocenters. The van der Waals surface area contributed by atoms with Gasteiger partial charge in [-0.05, 0) is 53.6 Å². The van der Waals surface area contributed by atoms with Crippen molar-refractivity contribution in [1.29, 1.82) is 0 Å². The third kappa shape index (κ3) is 2.69. The van der Waals surface area contributed by atoms with Crippen molar-refractivity contribution in [2.24, 2.45) is 0 Å². The van der Waals surface area contributed by atoms with Crippen molar-refractivity contribution in [3.05, 3.63) is 68.1 Å². The normalized spacial score (nSPS) is 15.3. The maximum absolute atomic E-state index is 6.62. The molecular formula is C16H13BrCl2. The van der Waals surface area contributed by atoms with Gasteiger partial charge in [-0.1, -0.05) is 51.8 Å². The van der Waals surface area contributed by atoms with Crippen LogP contribution in [-0.4, -0.2) is 0 Å². The summed E-state index contributed by atoms with van der Waals surface area (Å²) < 4.78 is 0.959. The van der Waals surface area contributed by atoms with Gasteiger partial charge in [0, 0.05) is 9.50 Å². The van der Waals surface area contributed by atoms with Crippen molar-refractivity contribution < 1.29 is 0 Å². The lowest BCUT2D eigenvalue weighted by molar-refractivity contribution is 0.911. The number of halogens is 3. The summed E-state index contributed by atoms with van der Waals surface area (Å²) in [4.78, 5) is 0. The standard InChI is InChI=1S/C16H13BrCl2/c17-15-9-13(18)6-7-14(15)16(19)12-5-4-10-2-1-3-11(10)8-12/h4-9,16H,1-3H2. The van der Waals surface area contributed by atoms with Gasteiger partial charge >= 0.3 is 0 Å². The first kappa shape index (κ1) is 13.5. The van der Waals surface area contributed by atoms with Crippen LogP contribution in [0.4, 0.5) is 0 Å². The summed E-state index contributed by atoms with van der Waals surface area (Å²) in [5, 5.41) is 0.575. The van der Waals surface area contributed by atoms with E-state index in [4.69, 9.17) is 23.2 Å². The van der Waals surface area contributed by atoms with E-state index < -0.39 is 0 Å². The Labute approximate surface area is 131 Å². The van der Waals surface area contributed by atoms with E-state index in [1.807, 2.05) is 18.2 Å². The van der Waals surface area contributed by atoms with Crippen LogP contribution in [0.5, 0.6) is 0 Å². The molecule has 0 fully saturated rings. The molecule has 3 heteroatoms. The molecule has 19 heavy (non-hydrogen) atoms. The molecule has 0 saturated heterocycles. The minimum Gasteiger partial charge on any atom is -0.113 e. The van der Waals surface area contributed by atoms with Gasteiger partial charge in [-0.2, -0.15) is 0 Å². The van der Waals surface area contributed by atoms with E-state index in [1.54, 1.807) is 0 Å². The molecule has 1 aliphatic rings. The van der Waals surface area contributed by atoms with Crippen molar-refractivity contribution in [2.75, 3.05) is 0 Å². The van der Waals surface area contributed by atoms with Gasteiger partial charge in [0.25, 0.3) is 0 Å². The fourth-order valence-corrected chi connectivity index (χ4v) is 4.01. The minimum atomic E-state index is -0.141. The van der Waals surface area contributed by atoms with E-state index in [9.17, 15) is 0 Å². The van der Waals surface area contributed by atoms with Crippen LogP contribution in [0.15, 0.2) is 40.9 Å². The van der Waals surface area contributed by atoms with E-state index in [0.29, 0.717) is 5.02 Å². The molecule has 0 spiro atoms. The smallest absolute Gasteiger partial charge is 0.0846 e. The lowest BCUT2D eigenvalue weighted by Crippen LogP contribution is -1.96. The van der Waals surface area contributed by atoms with Gasteiger partial charge < -0.3 is 0 Å². The Hall–Kier alpha value is -0.500. The van der Waals surface area contributed by atoms with Crippen molar-refractivity contribution in [3.63, 3.8) is 0 Å². The summed E-state index contributed by atoms with van der Waals surface area (Å²) in [6.07, 6.45) is 3.64. The SMILES string of the molecule is Clc1ccc(C(Cl)c2ccc3c(c2)CCC3)c(Br)c1. The second-order valence-electron chi connectivity index (χ2n) is 4.91. The van der Waals surface area contributed by atoms with Gasteiger partial charge in [-0.25, -0.2) is 0 Å². The molecule has 0 aliphatic heterocycles. The Bertz CT molecular complexity index is 622. The first-order chi connectivity index (χ1) is 9.15. The van der Waals surface area contributed by atoms with Gasteiger partial charge in [0.2, 0.25) is 0 Å². The Balaban J connectivity index is 1.97. The first-order valence-electron chi connectivity index (χ1n) is 6.36. The lowest BCUT2D eigenvalue weighted by Gasteiger charge is -2.14. The summed E-state index contributed by atoms with van der Waals surface area (Å²) in [5.74, 6) is 0. The fraction of sp³-hybridized carbons (Fsp3) is 0.250. The molecule has 3 rings (SSSR count). The quantitative estimate of drug-likeness (QED) is 0.586. The third-order valence-corrected chi connectivity index (χ3v) is 5.06. The minimum absolute atomic E-state index is 0.141. The van der Waals surface area contributed by atoms with E-state index in [-0.39, 0.29) is 5.38 Å². The van der Waals surface area contributed by atoms with Crippen LogP contribution in [0, 0.1) is 0 Å².